The number of carbonyl (C=O) groups is 2. The van der Waals surface area contributed by atoms with Gasteiger partial charge in [-0.25, -0.2) is 0 Å². The molecule has 1 heterocycles. The second-order valence-electron chi connectivity index (χ2n) is 7.25. The highest BCUT2D eigenvalue weighted by molar-refractivity contribution is 7.17. The van der Waals surface area contributed by atoms with Gasteiger partial charge >= 0.3 is 0 Å². The number of aliphatic hydroxyl groups excluding tert-OH is 1. The number of hydrogen-bond donors (Lipinski definition) is 3. The molecular weight excluding hydrogens is 362 g/mol. The van der Waals surface area contributed by atoms with Gasteiger partial charge in [0.2, 0.25) is 0 Å². The zero-order valence-electron chi connectivity index (χ0n) is 15.6. The molecule has 1 atom stereocenters. The van der Waals surface area contributed by atoms with E-state index in [0.29, 0.717) is 29.0 Å². The summed E-state index contributed by atoms with van der Waals surface area (Å²) in [6.45, 7) is 0.932. The summed E-state index contributed by atoms with van der Waals surface area (Å²) in [5, 5.41) is 12.8. The molecule has 0 bridgehead atoms. The molecule has 4 N–H and O–H groups in total. The Balaban J connectivity index is 1.81. The van der Waals surface area contributed by atoms with Gasteiger partial charge in [0.15, 0.2) is 0 Å². The van der Waals surface area contributed by atoms with Gasteiger partial charge in [-0.3, -0.25) is 9.59 Å². The number of nitrogens with two attached hydrogens (primary N) is 1. The Labute approximate surface area is 163 Å². The minimum Gasteiger partial charge on any atom is -0.396 e. The highest BCUT2D eigenvalue weighted by Gasteiger charge is 2.28. The van der Waals surface area contributed by atoms with E-state index in [-0.39, 0.29) is 18.4 Å². The lowest BCUT2D eigenvalue weighted by molar-refractivity contribution is 0.1000. The van der Waals surface area contributed by atoms with Gasteiger partial charge in [-0.1, -0.05) is 12.1 Å². The molecule has 6 nitrogen and oxygen atoms in total. The normalized spacial score (nSPS) is 16.2. The number of nitrogens with zero attached hydrogens (tertiary/aromatic N) is 1. The standard InChI is InChI=1S/C20H25N3O3S/c1-23(2)10-12-3-6-14(7-4-12)19(26)22-20-17(18(21)25)15-8-5-13(11-24)9-16(15)27-20/h3-4,6-7,13,24H,5,8-11H2,1-2H3,(H2,21,25)(H,22,26). The molecule has 0 fully saturated rings. The van der Waals surface area contributed by atoms with Gasteiger partial charge in [-0.2, -0.15) is 0 Å². The Morgan fingerprint density at radius 3 is 2.59 bits per heavy atom. The average Bonchev–Trinajstić information content (AvgIpc) is 2.98. The molecule has 0 saturated carbocycles. The monoisotopic (exact) mass is 387 g/mol. The summed E-state index contributed by atoms with van der Waals surface area (Å²) in [7, 11) is 3.98. The van der Waals surface area contributed by atoms with E-state index in [4.69, 9.17) is 5.73 Å². The van der Waals surface area contributed by atoms with Crippen molar-refractivity contribution in [3.8, 4) is 0 Å². The van der Waals surface area contributed by atoms with Crippen molar-refractivity contribution in [3.63, 3.8) is 0 Å². The fourth-order valence-electron chi connectivity index (χ4n) is 3.46. The van der Waals surface area contributed by atoms with E-state index >= 15 is 0 Å². The molecule has 0 radical (unpaired) electrons. The Morgan fingerprint density at radius 2 is 2.00 bits per heavy atom. The largest absolute Gasteiger partial charge is 0.396 e. The number of nitrogens with one attached hydrogen (secondary N) is 1. The predicted molar refractivity (Wildman–Crippen MR) is 107 cm³/mol. The first-order valence-corrected chi connectivity index (χ1v) is 9.81. The average molecular weight is 388 g/mol. The van der Waals surface area contributed by atoms with Gasteiger partial charge in [0.25, 0.3) is 11.8 Å². The number of rotatable bonds is 6. The van der Waals surface area contributed by atoms with E-state index in [1.165, 1.54) is 11.3 Å². The van der Waals surface area contributed by atoms with E-state index < -0.39 is 5.91 Å². The van der Waals surface area contributed by atoms with Crippen LogP contribution in [0.4, 0.5) is 5.00 Å². The van der Waals surface area contributed by atoms with Crippen molar-refractivity contribution in [2.75, 3.05) is 26.0 Å². The van der Waals surface area contributed by atoms with Crippen LogP contribution in [0.25, 0.3) is 0 Å². The van der Waals surface area contributed by atoms with Crippen LogP contribution in [0.15, 0.2) is 24.3 Å². The second kappa shape index (κ2) is 8.21. The number of primary amides is 1. The lowest BCUT2D eigenvalue weighted by Crippen LogP contribution is -2.21. The van der Waals surface area contributed by atoms with Crippen LogP contribution in [-0.4, -0.2) is 42.5 Å². The van der Waals surface area contributed by atoms with Crippen molar-refractivity contribution in [2.45, 2.75) is 25.8 Å². The summed E-state index contributed by atoms with van der Waals surface area (Å²) < 4.78 is 0. The van der Waals surface area contributed by atoms with Crippen molar-refractivity contribution < 1.29 is 14.7 Å². The molecule has 2 aromatic rings. The van der Waals surface area contributed by atoms with Gasteiger partial charge in [-0.15, -0.1) is 11.3 Å². The van der Waals surface area contributed by atoms with Crippen molar-refractivity contribution in [2.24, 2.45) is 11.7 Å². The molecule has 144 valence electrons. The van der Waals surface area contributed by atoms with Crippen molar-refractivity contribution >= 4 is 28.2 Å². The molecule has 3 rings (SSSR count). The molecule has 2 amide bonds. The smallest absolute Gasteiger partial charge is 0.256 e. The molecule has 0 aliphatic heterocycles. The first-order chi connectivity index (χ1) is 12.9. The number of carbonyl (C=O) groups excluding carboxylic acids is 2. The van der Waals surface area contributed by atoms with E-state index in [1.54, 1.807) is 12.1 Å². The number of aliphatic hydroxyl groups is 1. The van der Waals surface area contributed by atoms with E-state index in [0.717, 1.165) is 29.0 Å². The Hall–Kier alpha value is -2.22. The Morgan fingerprint density at radius 1 is 1.30 bits per heavy atom. The Bertz CT molecular complexity index is 843. The minimum atomic E-state index is -0.522. The molecule has 27 heavy (non-hydrogen) atoms. The lowest BCUT2D eigenvalue weighted by atomic mass is 9.87. The first kappa shape index (κ1) is 19.5. The van der Waals surface area contributed by atoms with Gasteiger partial charge in [0.1, 0.15) is 5.00 Å². The Kier molecular flexibility index (Phi) is 5.94. The summed E-state index contributed by atoms with van der Waals surface area (Å²) in [4.78, 5) is 27.7. The molecule has 0 saturated heterocycles. The molecule has 1 aliphatic carbocycles. The third-order valence-corrected chi connectivity index (χ3v) is 5.98. The fraction of sp³-hybridized carbons (Fsp3) is 0.400. The number of amides is 2. The lowest BCUT2D eigenvalue weighted by Gasteiger charge is -2.20. The van der Waals surface area contributed by atoms with Crippen LogP contribution in [0.5, 0.6) is 0 Å². The number of hydrogen-bond acceptors (Lipinski definition) is 5. The maximum absolute atomic E-state index is 12.6. The third-order valence-electron chi connectivity index (χ3n) is 4.81. The van der Waals surface area contributed by atoms with Crippen LogP contribution in [0.2, 0.25) is 0 Å². The number of anilines is 1. The third kappa shape index (κ3) is 4.37. The molecule has 7 heteroatoms. The van der Waals surface area contributed by atoms with Crippen molar-refractivity contribution in [3.05, 3.63) is 51.4 Å². The van der Waals surface area contributed by atoms with Crippen molar-refractivity contribution in [1.29, 1.82) is 0 Å². The molecule has 1 unspecified atom stereocenters. The summed E-state index contributed by atoms with van der Waals surface area (Å²) in [6, 6.07) is 7.42. The quantitative estimate of drug-likeness (QED) is 0.708. The maximum atomic E-state index is 12.6. The van der Waals surface area contributed by atoms with Gasteiger partial charge in [-0.05, 0) is 62.5 Å². The van der Waals surface area contributed by atoms with Gasteiger partial charge in [0, 0.05) is 23.6 Å². The van der Waals surface area contributed by atoms with Crippen LogP contribution in [-0.2, 0) is 19.4 Å². The highest BCUT2D eigenvalue weighted by atomic mass is 32.1. The van der Waals surface area contributed by atoms with Crippen LogP contribution >= 0.6 is 11.3 Å². The van der Waals surface area contributed by atoms with Gasteiger partial charge < -0.3 is 21.1 Å². The molecule has 0 spiro atoms. The zero-order valence-corrected chi connectivity index (χ0v) is 16.4. The fourth-order valence-corrected chi connectivity index (χ4v) is 4.82. The zero-order chi connectivity index (χ0) is 19.6. The topological polar surface area (TPSA) is 95.7 Å². The van der Waals surface area contributed by atoms with E-state index in [2.05, 4.69) is 10.2 Å². The predicted octanol–water partition coefficient (Wildman–Crippen LogP) is 2.26. The molecule has 1 aromatic heterocycles. The molecule has 1 aliphatic rings. The molecule has 1 aromatic carbocycles. The highest BCUT2D eigenvalue weighted by Crippen LogP contribution is 2.39. The second-order valence-corrected chi connectivity index (χ2v) is 8.36. The summed E-state index contributed by atoms with van der Waals surface area (Å²) in [6.07, 6.45) is 2.23. The van der Waals surface area contributed by atoms with Crippen LogP contribution < -0.4 is 11.1 Å². The van der Waals surface area contributed by atoms with Crippen LogP contribution in [0.1, 0.15) is 43.1 Å². The minimum absolute atomic E-state index is 0.129. The van der Waals surface area contributed by atoms with Crippen LogP contribution in [0.3, 0.4) is 0 Å². The number of benzene rings is 1. The van der Waals surface area contributed by atoms with Crippen molar-refractivity contribution in [1.82, 2.24) is 4.90 Å². The van der Waals surface area contributed by atoms with E-state index in [1.807, 2.05) is 26.2 Å². The molecular formula is C20H25N3O3S. The summed E-state index contributed by atoms with van der Waals surface area (Å²) in [5.41, 5.74) is 8.59. The number of thiophene rings is 1. The van der Waals surface area contributed by atoms with Crippen LogP contribution in [0, 0.1) is 5.92 Å². The number of fused-ring (bicyclic) bond motifs is 1. The maximum Gasteiger partial charge on any atom is 0.256 e. The summed E-state index contributed by atoms with van der Waals surface area (Å²) >= 11 is 1.39. The van der Waals surface area contributed by atoms with Gasteiger partial charge in [0.05, 0.1) is 5.56 Å². The summed E-state index contributed by atoms with van der Waals surface area (Å²) in [5.74, 6) is -0.581. The first-order valence-electron chi connectivity index (χ1n) is 8.99. The SMILES string of the molecule is CN(C)Cc1ccc(C(=O)Nc2sc3c(c2C(N)=O)CCC(CO)C3)cc1. The van der Waals surface area contributed by atoms with E-state index in [9.17, 15) is 14.7 Å².